The van der Waals surface area contributed by atoms with Crippen molar-refractivity contribution in [3.8, 4) is 6.07 Å². The molecule has 2 nitrogen and oxygen atoms in total. The molecule has 2 rings (SSSR count). The fourth-order valence-electron chi connectivity index (χ4n) is 2.34. The van der Waals surface area contributed by atoms with Crippen LogP contribution < -0.4 is 0 Å². The van der Waals surface area contributed by atoms with Gasteiger partial charge in [-0.1, -0.05) is 43.2 Å². The van der Waals surface area contributed by atoms with Crippen LogP contribution in [0.1, 0.15) is 31.2 Å². The Hall–Kier alpha value is -1.75. The third-order valence-corrected chi connectivity index (χ3v) is 3.22. The van der Waals surface area contributed by atoms with Gasteiger partial charge < -0.3 is 4.90 Å². The van der Waals surface area contributed by atoms with Gasteiger partial charge in [0.15, 0.2) is 0 Å². The van der Waals surface area contributed by atoms with Gasteiger partial charge in [0.25, 0.3) is 0 Å². The van der Waals surface area contributed by atoms with Crippen molar-refractivity contribution in [2.45, 2.75) is 25.7 Å². The minimum Gasteiger partial charge on any atom is -0.370 e. The van der Waals surface area contributed by atoms with E-state index in [2.05, 4.69) is 23.1 Å². The second kappa shape index (κ2) is 6.10. The Morgan fingerprint density at radius 1 is 1.06 bits per heavy atom. The molecule has 0 aromatic heterocycles. The Labute approximate surface area is 103 Å². The molecule has 2 heteroatoms. The molecule has 0 bridgehead atoms. The standard InChI is InChI=1S/C15H18N2/c16-11-10-15(14-8-4-3-5-9-14)17-12-6-1-2-7-13-17/h3-5,8-10H,1-2,6-7,12-13H2. The molecule has 1 aliphatic rings. The van der Waals surface area contributed by atoms with Gasteiger partial charge in [0.1, 0.15) is 0 Å². The SMILES string of the molecule is N#CC=C(c1ccccc1)N1CCCCCC1. The van der Waals surface area contributed by atoms with E-state index in [-0.39, 0.29) is 0 Å². The van der Waals surface area contributed by atoms with E-state index in [4.69, 9.17) is 5.26 Å². The number of benzene rings is 1. The van der Waals surface area contributed by atoms with Gasteiger partial charge in [0, 0.05) is 19.2 Å². The van der Waals surface area contributed by atoms with Crippen LogP contribution in [0.2, 0.25) is 0 Å². The summed E-state index contributed by atoms with van der Waals surface area (Å²) in [6.07, 6.45) is 6.77. The van der Waals surface area contributed by atoms with Gasteiger partial charge in [0.05, 0.1) is 11.8 Å². The molecule has 1 heterocycles. The lowest BCUT2D eigenvalue weighted by atomic mass is 10.1. The van der Waals surface area contributed by atoms with Gasteiger partial charge in [-0.2, -0.15) is 5.26 Å². The van der Waals surface area contributed by atoms with Crippen LogP contribution >= 0.6 is 0 Å². The minimum atomic E-state index is 1.07. The van der Waals surface area contributed by atoms with Crippen molar-refractivity contribution in [3.63, 3.8) is 0 Å². The highest BCUT2D eigenvalue weighted by molar-refractivity contribution is 5.66. The Morgan fingerprint density at radius 2 is 1.71 bits per heavy atom. The quantitative estimate of drug-likeness (QED) is 0.722. The van der Waals surface area contributed by atoms with Crippen LogP contribution in [0.4, 0.5) is 0 Å². The van der Waals surface area contributed by atoms with Gasteiger partial charge in [-0.3, -0.25) is 0 Å². The Balaban J connectivity index is 2.23. The molecule has 0 unspecified atom stereocenters. The summed E-state index contributed by atoms with van der Waals surface area (Å²) >= 11 is 0. The molecular formula is C15H18N2. The zero-order valence-electron chi connectivity index (χ0n) is 10.1. The predicted octanol–water partition coefficient (Wildman–Crippen LogP) is 3.43. The first-order valence-corrected chi connectivity index (χ1v) is 6.32. The van der Waals surface area contributed by atoms with Crippen LogP contribution in [0.5, 0.6) is 0 Å². The van der Waals surface area contributed by atoms with E-state index >= 15 is 0 Å². The number of nitriles is 1. The molecular weight excluding hydrogens is 208 g/mol. The van der Waals surface area contributed by atoms with E-state index in [0.29, 0.717) is 0 Å². The highest BCUT2D eigenvalue weighted by Crippen LogP contribution is 2.22. The summed E-state index contributed by atoms with van der Waals surface area (Å²) in [6.45, 7) is 2.14. The maximum atomic E-state index is 8.95. The van der Waals surface area contributed by atoms with E-state index in [9.17, 15) is 0 Å². The van der Waals surface area contributed by atoms with Crippen molar-refractivity contribution in [1.29, 1.82) is 5.26 Å². The second-order valence-corrected chi connectivity index (χ2v) is 4.43. The average Bonchev–Trinajstić information content (AvgIpc) is 2.66. The highest BCUT2D eigenvalue weighted by Gasteiger charge is 2.13. The molecule has 0 aliphatic carbocycles. The van der Waals surface area contributed by atoms with Crippen LogP contribution in [0.25, 0.3) is 5.70 Å². The summed E-state index contributed by atoms with van der Waals surface area (Å²) in [7, 11) is 0. The summed E-state index contributed by atoms with van der Waals surface area (Å²) < 4.78 is 0. The van der Waals surface area contributed by atoms with E-state index in [1.165, 1.54) is 25.7 Å². The van der Waals surface area contributed by atoms with Gasteiger partial charge in [-0.25, -0.2) is 0 Å². The topological polar surface area (TPSA) is 27.0 Å². The van der Waals surface area contributed by atoms with Crippen molar-refractivity contribution in [1.82, 2.24) is 4.90 Å². The van der Waals surface area contributed by atoms with Crippen molar-refractivity contribution in [2.75, 3.05) is 13.1 Å². The third kappa shape index (κ3) is 3.10. The number of nitrogens with zero attached hydrogens (tertiary/aromatic N) is 2. The average molecular weight is 226 g/mol. The normalized spacial score (nSPS) is 17.4. The van der Waals surface area contributed by atoms with Crippen LogP contribution in [-0.2, 0) is 0 Å². The number of allylic oxidation sites excluding steroid dienone is 1. The molecule has 0 N–H and O–H groups in total. The smallest absolute Gasteiger partial charge is 0.0934 e. The highest BCUT2D eigenvalue weighted by atomic mass is 15.1. The number of rotatable bonds is 2. The molecule has 17 heavy (non-hydrogen) atoms. The maximum absolute atomic E-state index is 8.95. The van der Waals surface area contributed by atoms with Gasteiger partial charge >= 0.3 is 0 Å². The third-order valence-electron chi connectivity index (χ3n) is 3.22. The predicted molar refractivity (Wildman–Crippen MR) is 70.1 cm³/mol. The van der Waals surface area contributed by atoms with Crippen molar-refractivity contribution >= 4 is 5.70 Å². The summed E-state index contributed by atoms with van der Waals surface area (Å²) in [5.74, 6) is 0. The lowest BCUT2D eigenvalue weighted by molar-refractivity contribution is 0.413. The molecule has 0 amide bonds. The van der Waals surface area contributed by atoms with Crippen molar-refractivity contribution < 1.29 is 0 Å². The summed E-state index contributed by atoms with van der Waals surface area (Å²) in [4.78, 5) is 2.35. The van der Waals surface area contributed by atoms with Crippen molar-refractivity contribution in [3.05, 3.63) is 42.0 Å². The number of hydrogen-bond donors (Lipinski definition) is 0. The first-order valence-electron chi connectivity index (χ1n) is 6.32. The minimum absolute atomic E-state index is 1.07. The fraction of sp³-hybridized carbons (Fsp3) is 0.400. The molecule has 0 spiro atoms. The van der Waals surface area contributed by atoms with Crippen molar-refractivity contribution in [2.24, 2.45) is 0 Å². The summed E-state index contributed by atoms with van der Waals surface area (Å²) in [5, 5.41) is 8.95. The van der Waals surface area contributed by atoms with Gasteiger partial charge in [-0.05, 0) is 18.4 Å². The van der Waals surface area contributed by atoms with Gasteiger partial charge in [-0.15, -0.1) is 0 Å². The zero-order chi connectivity index (χ0) is 11.9. The van der Waals surface area contributed by atoms with E-state index in [1.54, 1.807) is 6.08 Å². The molecule has 1 saturated heterocycles. The lowest BCUT2D eigenvalue weighted by Crippen LogP contribution is -2.23. The van der Waals surface area contributed by atoms with E-state index in [1.807, 2.05) is 18.2 Å². The Morgan fingerprint density at radius 3 is 2.29 bits per heavy atom. The summed E-state index contributed by atoms with van der Waals surface area (Å²) in [6, 6.07) is 12.4. The number of likely N-dealkylation sites (tertiary alicyclic amines) is 1. The van der Waals surface area contributed by atoms with E-state index in [0.717, 1.165) is 24.4 Å². The van der Waals surface area contributed by atoms with Crippen LogP contribution in [0.15, 0.2) is 36.4 Å². The largest absolute Gasteiger partial charge is 0.370 e. The zero-order valence-corrected chi connectivity index (χ0v) is 10.1. The molecule has 88 valence electrons. The Bertz CT molecular complexity index is 406. The molecule has 0 atom stereocenters. The molecule has 1 aliphatic heterocycles. The van der Waals surface area contributed by atoms with Gasteiger partial charge in [0.2, 0.25) is 0 Å². The molecule has 1 aromatic rings. The van der Waals surface area contributed by atoms with Crippen LogP contribution in [0.3, 0.4) is 0 Å². The number of hydrogen-bond acceptors (Lipinski definition) is 2. The van der Waals surface area contributed by atoms with Crippen LogP contribution in [-0.4, -0.2) is 18.0 Å². The fourth-order valence-corrected chi connectivity index (χ4v) is 2.34. The first-order chi connectivity index (χ1) is 8.42. The molecule has 0 saturated carbocycles. The first kappa shape index (κ1) is 11.7. The second-order valence-electron chi connectivity index (χ2n) is 4.43. The summed E-state index contributed by atoms with van der Waals surface area (Å²) in [5.41, 5.74) is 2.23. The Kier molecular flexibility index (Phi) is 4.21. The lowest BCUT2D eigenvalue weighted by Gasteiger charge is -2.25. The van der Waals surface area contributed by atoms with E-state index < -0.39 is 0 Å². The monoisotopic (exact) mass is 226 g/mol. The molecule has 1 aromatic carbocycles. The molecule has 1 fully saturated rings. The maximum Gasteiger partial charge on any atom is 0.0934 e. The van der Waals surface area contributed by atoms with Crippen LogP contribution in [0, 0.1) is 11.3 Å². The molecule has 0 radical (unpaired) electrons.